The molecule has 0 bridgehead atoms. The molecule has 0 fully saturated rings. The third kappa shape index (κ3) is 3.21. The van der Waals surface area contributed by atoms with Gasteiger partial charge in [-0.1, -0.05) is 19.4 Å². The lowest BCUT2D eigenvalue weighted by Crippen LogP contribution is -2.35. The predicted molar refractivity (Wildman–Crippen MR) is 78.3 cm³/mol. The van der Waals surface area contributed by atoms with Crippen LogP contribution < -0.4 is 14.8 Å². The Kier molecular flexibility index (Phi) is 5.08. The predicted octanol–water partition coefficient (Wildman–Crippen LogP) is 2.95. The summed E-state index contributed by atoms with van der Waals surface area (Å²) >= 11 is 0. The van der Waals surface area contributed by atoms with Gasteiger partial charge in [0, 0.05) is 11.6 Å². The average molecular weight is 263 g/mol. The second-order valence-corrected chi connectivity index (χ2v) is 5.19. The standard InChI is InChI=1S/C16H25NO2/c1-4-5-10-17-13-7-8-14-12(11-13)6-9-15(18-2)16(14)19-3/h6,9,13,17H,4-5,7-8,10-11H2,1-3H3. The third-order valence-corrected chi connectivity index (χ3v) is 3.92. The third-order valence-electron chi connectivity index (χ3n) is 3.92. The van der Waals surface area contributed by atoms with Crippen LogP contribution in [-0.2, 0) is 12.8 Å². The van der Waals surface area contributed by atoms with Crippen LogP contribution in [0.3, 0.4) is 0 Å². The highest BCUT2D eigenvalue weighted by Gasteiger charge is 2.22. The Balaban J connectivity index is 2.09. The number of ether oxygens (including phenoxy) is 2. The number of fused-ring (bicyclic) bond motifs is 1. The molecule has 3 heteroatoms. The first-order valence-corrected chi connectivity index (χ1v) is 7.26. The summed E-state index contributed by atoms with van der Waals surface area (Å²) in [6.07, 6.45) is 5.86. The van der Waals surface area contributed by atoms with E-state index in [-0.39, 0.29) is 0 Å². The monoisotopic (exact) mass is 263 g/mol. The maximum absolute atomic E-state index is 5.52. The lowest BCUT2D eigenvalue weighted by atomic mass is 9.87. The molecule has 1 aromatic carbocycles. The number of unbranched alkanes of at least 4 members (excludes halogenated alkanes) is 1. The van der Waals surface area contributed by atoms with E-state index in [2.05, 4.69) is 18.3 Å². The summed E-state index contributed by atoms with van der Waals surface area (Å²) in [4.78, 5) is 0. The highest BCUT2D eigenvalue weighted by Crippen LogP contribution is 2.37. The number of hydrogen-bond donors (Lipinski definition) is 1. The molecular weight excluding hydrogens is 238 g/mol. The van der Waals surface area contributed by atoms with E-state index < -0.39 is 0 Å². The maximum atomic E-state index is 5.52. The molecule has 1 aromatic rings. The SMILES string of the molecule is CCCCNC1CCc2c(ccc(OC)c2OC)C1. The van der Waals surface area contributed by atoms with Gasteiger partial charge in [-0.05, 0) is 43.9 Å². The molecule has 0 amide bonds. The van der Waals surface area contributed by atoms with E-state index in [4.69, 9.17) is 9.47 Å². The van der Waals surface area contributed by atoms with Gasteiger partial charge in [-0.25, -0.2) is 0 Å². The smallest absolute Gasteiger partial charge is 0.164 e. The highest BCUT2D eigenvalue weighted by atomic mass is 16.5. The van der Waals surface area contributed by atoms with Crippen LogP contribution in [0.25, 0.3) is 0 Å². The molecule has 0 saturated heterocycles. The Morgan fingerprint density at radius 1 is 1.26 bits per heavy atom. The molecule has 0 saturated carbocycles. The fourth-order valence-corrected chi connectivity index (χ4v) is 2.84. The van der Waals surface area contributed by atoms with Crippen molar-refractivity contribution < 1.29 is 9.47 Å². The van der Waals surface area contributed by atoms with Crippen LogP contribution in [0.4, 0.5) is 0 Å². The normalized spacial score (nSPS) is 17.9. The van der Waals surface area contributed by atoms with Crippen LogP contribution in [0.1, 0.15) is 37.3 Å². The Bertz CT molecular complexity index is 417. The summed E-state index contributed by atoms with van der Waals surface area (Å²) in [5.74, 6) is 1.77. The van der Waals surface area contributed by atoms with Crippen LogP contribution in [-0.4, -0.2) is 26.8 Å². The van der Waals surface area contributed by atoms with Crippen molar-refractivity contribution in [3.63, 3.8) is 0 Å². The largest absolute Gasteiger partial charge is 0.493 e. The molecule has 1 N–H and O–H groups in total. The van der Waals surface area contributed by atoms with E-state index >= 15 is 0 Å². The minimum Gasteiger partial charge on any atom is -0.493 e. The lowest BCUT2D eigenvalue weighted by Gasteiger charge is -2.27. The minimum absolute atomic E-state index is 0.608. The first kappa shape index (κ1) is 14.2. The summed E-state index contributed by atoms with van der Waals surface area (Å²) < 4.78 is 10.9. The number of hydrogen-bond acceptors (Lipinski definition) is 3. The van der Waals surface area contributed by atoms with E-state index in [1.165, 1.54) is 30.4 Å². The maximum Gasteiger partial charge on any atom is 0.164 e. The summed E-state index contributed by atoms with van der Waals surface area (Å²) in [6.45, 7) is 3.36. The molecule has 19 heavy (non-hydrogen) atoms. The molecular formula is C16H25NO2. The van der Waals surface area contributed by atoms with Gasteiger partial charge in [0.25, 0.3) is 0 Å². The van der Waals surface area contributed by atoms with Crippen LogP contribution in [0.2, 0.25) is 0 Å². The molecule has 0 radical (unpaired) electrons. The molecule has 1 aliphatic rings. The molecule has 2 rings (SSSR count). The highest BCUT2D eigenvalue weighted by molar-refractivity contribution is 5.52. The fraction of sp³-hybridized carbons (Fsp3) is 0.625. The molecule has 1 unspecified atom stereocenters. The van der Waals surface area contributed by atoms with Gasteiger partial charge >= 0.3 is 0 Å². The second kappa shape index (κ2) is 6.80. The minimum atomic E-state index is 0.608. The average Bonchev–Trinajstić information content (AvgIpc) is 2.46. The van der Waals surface area contributed by atoms with E-state index in [1.807, 2.05) is 6.07 Å². The van der Waals surface area contributed by atoms with E-state index in [9.17, 15) is 0 Å². The van der Waals surface area contributed by atoms with Crippen molar-refractivity contribution in [3.05, 3.63) is 23.3 Å². The van der Waals surface area contributed by atoms with Crippen molar-refractivity contribution in [2.75, 3.05) is 20.8 Å². The molecule has 1 aliphatic carbocycles. The first-order valence-electron chi connectivity index (χ1n) is 7.26. The van der Waals surface area contributed by atoms with Crippen molar-refractivity contribution in [1.82, 2.24) is 5.32 Å². The zero-order chi connectivity index (χ0) is 13.7. The Morgan fingerprint density at radius 2 is 2.11 bits per heavy atom. The number of benzene rings is 1. The molecule has 0 aromatic heterocycles. The molecule has 3 nitrogen and oxygen atoms in total. The van der Waals surface area contributed by atoms with Crippen LogP contribution in [0.5, 0.6) is 11.5 Å². The zero-order valence-electron chi connectivity index (χ0n) is 12.3. The first-order chi connectivity index (χ1) is 9.30. The van der Waals surface area contributed by atoms with E-state index in [1.54, 1.807) is 14.2 Å². The number of nitrogens with one attached hydrogen (secondary N) is 1. The van der Waals surface area contributed by atoms with Crippen LogP contribution >= 0.6 is 0 Å². The summed E-state index contributed by atoms with van der Waals surface area (Å²) in [7, 11) is 3.42. The topological polar surface area (TPSA) is 30.5 Å². The Labute approximate surface area is 116 Å². The van der Waals surface area contributed by atoms with Crippen LogP contribution in [0, 0.1) is 0 Å². The zero-order valence-corrected chi connectivity index (χ0v) is 12.3. The van der Waals surface area contributed by atoms with Gasteiger partial charge in [0.15, 0.2) is 11.5 Å². The van der Waals surface area contributed by atoms with Crippen molar-refractivity contribution in [1.29, 1.82) is 0 Å². The molecule has 0 aliphatic heterocycles. The van der Waals surface area contributed by atoms with Gasteiger partial charge in [0.05, 0.1) is 14.2 Å². The Morgan fingerprint density at radius 3 is 2.79 bits per heavy atom. The lowest BCUT2D eigenvalue weighted by molar-refractivity contribution is 0.346. The molecule has 1 atom stereocenters. The molecule has 0 spiro atoms. The van der Waals surface area contributed by atoms with Gasteiger partial charge in [-0.15, -0.1) is 0 Å². The van der Waals surface area contributed by atoms with Gasteiger partial charge in [0.1, 0.15) is 0 Å². The second-order valence-electron chi connectivity index (χ2n) is 5.19. The summed E-state index contributed by atoms with van der Waals surface area (Å²) in [6, 6.07) is 4.81. The number of methoxy groups -OCH3 is 2. The summed E-state index contributed by atoms with van der Waals surface area (Å²) in [5.41, 5.74) is 2.73. The van der Waals surface area contributed by atoms with Crippen molar-refractivity contribution >= 4 is 0 Å². The van der Waals surface area contributed by atoms with Crippen molar-refractivity contribution in [2.24, 2.45) is 0 Å². The van der Waals surface area contributed by atoms with E-state index in [0.29, 0.717) is 6.04 Å². The van der Waals surface area contributed by atoms with Crippen LogP contribution in [0.15, 0.2) is 12.1 Å². The van der Waals surface area contributed by atoms with E-state index in [0.717, 1.165) is 30.9 Å². The molecule has 0 heterocycles. The van der Waals surface area contributed by atoms with Crippen molar-refractivity contribution in [3.8, 4) is 11.5 Å². The van der Waals surface area contributed by atoms with Gasteiger partial charge in [-0.2, -0.15) is 0 Å². The molecule has 106 valence electrons. The number of rotatable bonds is 6. The summed E-state index contributed by atoms with van der Waals surface area (Å²) in [5, 5.41) is 3.66. The fourth-order valence-electron chi connectivity index (χ4n) is 2.84. The quantitative estimate of drug-likeness (QED) is 0.800. The van der Waals surface area contributed by atoms with Gasteiger partial charge in [0.2, 0.25) is 0 Å². The van der Waals surface area contributed by atoms with Gasteiger partial charge < -0.3 is 14.8 Å². The van der Waals surface area contributed by atoms with Gasteiger partial charge in [-0.3, -0.25) is 0 Å². The Hall–Kier alpha value is -1.22. The van der Waals surface area contributed by atoms with Crippen molar-refractivity contribution in [2.45, 2.75) is 45.1 Å².